The van der Waals surface area contributed by atoms with Gasteiger partial charge in [-0.05, 0) is 31.4 Å². The summed E-state index contributed by atoms with van der Waals surface area (Å²) in [5, 5.41) is 2.81. The van der Waals surface area contributed by atoms with Crippen molar-refractivity contribution in [3.05, 3.63) is 35.4 Å². The zero-order valence-corrected chi connectivity index (χ0v) is 13.5. The van der Waals surface area contributed by atoms with Crippen LogP contribution < -0.4 is 5.32 Å². The van der Waals surface area contributed by atoms with Gasteiger partial charge in [0.25, 0.3) is 0 Å². The maximum absolute atomic E-state index is 11.6. The summed E-state index contributed by atoms with van der Waals surface area (Å²) in [4.78, 5) is 22.7. The fourth-order valence-electron chi connectivity index (χ4n) is 1.77. The number of aryl methyl sites for hydroxylation is 1. The smallest absolute Gasteiger partial charge is 0.305 e. The molecule has 1 amide bonds. The lowest BCUT2D eigenvalue weighted by Gasteiger charge is -2.07. The molecule has 0 fully saturated rings. The molecule has 0 saturated carbocycles. The highest BCUT2D eigenvalue weighted by atomic mass is 32.2. The van der Waals surface area contributed by atoms with Crippen molar-refractivity contribution in [3.63, 3.8) is 0 Å². The van der Waals surface area contributed by atoms with Crippen LogP contribution in [0.4, 0.5) is 0 Å². The lowest BCUT2D eigenvalue weighted by atomic mass is 10.1. The molecule has 5 heteroatoms. The molecule has 21 heavy (non-hydrogen) atoms. The molecule has 0 aliphatic heterocycles. The number of hydrogen-bond donors (Lipinski definition) is 1. The van der Waals surface area contributed by atoms with Crippen molar-refractivity contribution in [1.29, 1.82) is 0 Å². The summed E-state index contributed by atoms with van der Waals surface area (Å²) in [6.45, 7) is 4.78. The monoisotopic (exact) mass is 309 g/mol. The molecule has 0 heterocycles. The molecule has 0 aliphatic rings. The first kappa shape index (κ1) is 17.6. The summed E-state index contributed by atoms with van der Waals surface area (Å²) < 4.78 is 4.82. The molecule has 116 valence electrons. The van der Waals surface area contributed by atoms with E-state index in [1.54, 1.807) is 18.7 Å². The van der Waals surface area contributed by atoms with E-state index in [1.165, 1.54) is 11.1 Å². The zero-order valence-electron chi connectivity index (χ0n) is 12.7. The van der Waals surface area contributed by atoms with Crippen LogP contribution in [0.2, 0.25) is 0 Å². The van der Waals surface area contributed by atoms with E-state index in [0.29, 0.717) is 31.7 Å². The van der Waals surface area contributed by atoms with E-state index >= 15 is 0 Å². The first-order valence-electron chi connectivity index (χ1n) is 7.18. The maximum atomic E-state index is 11.6. The molecule has 0 aliphatic carbocycles. The third-order valence-electron chi connectivity index (χ3n) is 2.94. The van der Waals surface area contributed by atoms with Crippen LogP contribution in [-0.2, 0) is 20.1 Å². The predicted octanol–water partition coefficient (Wildman–Crippen LogP) is 2.69. The summed E-state index contributed by atoms with van der Waals surface area (Å²) in [6, 6.07) is 8.18. The molecule has 0 aromatic heterocycles. The molecule has 1 N–H and O–H groups in total. The van der Waals surface area contributed by atoms with Gasteiger partial charge in [-0.15, -0.1) is 11.8 Å². The molecule has 0 saturated heterocycles. The molecule has 0 radical (unpaired) electrons. The van der Waals surface area contributed by atoms with E-state index in [-0.39, 0.29) is 11.9 Å². The van der Waals surface area contributed by atoms with E-state index < -0.39 is 0 Å². The minimum Gasteiger partial charge on any atom is -0.466 e. The Morgan fingerprint density at radius 3 is 2.76 bits per heavy atom. The van der Waals surface area contributed by atoms with Crippen molar-refractivity contribution in [2.24, 2.45) is 0 Å². The summed E-state index contributed by atoms with van der Waals surface area (Å²) in [5.74, 6) is 1.08. The topological polar surface area (TPSA) is 55.4 Å². The Bertz CT molecular complexity index is 463. The molecule has 0 bridgehead atoms. The second kappa shape index (κ2) is 10.3. The van der Waals surface area contributed by atoms with Crippen molar-refractivity contribution in [3.8, 4) is 0 Å². The van der Waals surface area contributed by atoms with Crippen molar-refractivity contribution >= 4 is 23.6 Å². The molecular formula is C16H23NO3S. The molecule has 1 rings (SSSR count). The van der Waals surface area contributed by atoms with Gasteiger partial charge < -0.3 is 10.1 Å². The van der Waals surface area contributed by atoms with Gasteiger partial charge in [0.1, 0.15) is 0 Å². The van der Waals surface area contributed by atoms with Crippen LogP contribution in [0.1, 0.15) is 30.9 Å². The number of carbonyl (C=O) groups excluding carboxylic acids is 2. The number of carbonyl (C=O) groups is 2. The molecule has 0 unspecified atom stereocenters. The van der Waals surface area contributed by atoms with Gasteiger partial charge in [-0.3, -0.25) is 9.59 Å². The minimum atomic E-state index is -0.208. The number of nitrogens with one attached hydrogen (secondary N) is 1. The van der Waals surface area contributed by atoms with Gasteiger partial charge in [0, 0.05) is 18.7 Å². The van der Waals surface area contributed by atoms with Gasteiger partial charge in [0.15, 0.2) is 0 Å². The predicted molar refractivity (Wildman–Crippen MR) is 86.2 cm³/mol. The SMILES string of the molecule is CCOC(=O)CCCNC(=O)CSCc1ccccc1C. The van der Waals surface area contributed by atoms with Crippen molar-refractivity contribution < 1.29 is 14.3 Å². The largest absolute Gasteiger partial charge is 0.466 e. The Hall–Kier alpha value is -1.49. The summed E-state index contributed by atoms with van der Waals surface area (Å²) in [6.07, 6.45) is 0.970. The highest BCUT2D eigenvalue weighted by Gasteiger charge is 2.04. The average Bonchev–Trinajstić information content (AvgIpc) is 2.46. The van der Waals surface area contributed by atoms with Crippen LogP contribution in [0.25, 0.3) is 0 Å². The second-order valence-electron chi connectivity index (χ2n) is 4.68. The van der Waals surface area contributed by atoms with E-state index in [2.05, 4.69) is 24.4 Å². The van der Waals surface area contributed by atoms with Crippen molar-refractivity contribution in [1.82, 2.24) is 5.32 Å². The van der Waals surface area contributed by atoms with Crippen LogP contribution in [0.5, 0.6) is 0 Å². The lowest BCUT2D eigenvalue weighted by molar-refractivity contribution is -0.143. The lowest BCUT2D eigenvalue weighted by Crippen LogP contribution is -2.26. The third-order valence-corrected chi connectivity index (χ3v) is 3.92. The molecule has 4 nitrogen and oxygen atoms in total. The molecule has 1 aromatic carbocycles. The van der Waals surface area contributed by atoms with E-state index in [9.17, 15) is 9.59 Å². The number of esters is 1. The Kier molecular flexibility index (Phi) is 8.59. The van der Waals surface area contributed by atoms with Crippen LogP contribution in [-0.4, -0.2) is 30.8 Å². The highest BCUT2D eigenvalue weighted by molar-refractivity contribution is 7.99. The Morgan fingerprint density at radius 1 is 1.29 bits per heavy atom. The zero-order chi connectivity index (χ0) is 15.5. The van der Waals surface area contributed by atoms with Gasteiger partial charge in [-0.25, -0.2) is 0 Å². The van der Waals surface area contributed by atoms with E-state index in [4.69, 9.17) is 4.74 Å². The van der Waals surface area contributed by atoms with Crippen molar-refractivity contribution in [2.45, 2.75) is 32.4 Å². The number of rotatable bonds is 9. The summed E-state index contributed by atoms with van der Waals surface area (Å²) in [7, 11) is 0. The van der Waals surface area contributed by atoms with Gasteiger partial charge in [0.2, 0.25) is 5.91 Å². The number of hydrogen-bond acceptors (Lipinski definition) is 4. The first-order valence-corrected chi connectivity index (χ1v) is 8.33. The fourth-order valence-corrected chi connectivity index (χ4v) is 2.70. The Morgan fingerprint density at radius 2 is 2.05 bits per heavy atom. The van der Waals surface area contributed by atoms with Gasteiger partial charge >= 0.3 is 5.97 Å². The third kappa shape index (κ3) is 7.75. The fraction of sp³-hybridized carbons (Fsp3) is 0.500. The van der Waals surface area contributed by atoms with E-state index in [0.717, 1.165) is 5.75 Å². The van der Waals surface area contributed by atoms with Crippen LogP contribution >= 0.6 is 11.8 Å². The highest BCUT2D eigenvalue weighted by Crippen LogP contribution is 2.15. The van der Waals surface area contributed by atoms with Crippen LogP contribution in [0.3, 0.4) is 0 Å². The number of ether oxygens (including phenoxy) is 1. The van der Waals surface area contributed by atoms with Gasteiger partial charge in [-0.1, -0.05) is 24.3 Å². The first-order chi connectivity index (χ1) is 10.1. The number of thioether (sulfide) groups is 1. The molecule has 1 aromatic rings. The molecule has 0 atom stereocenters. The number of amides is 1. The minimum absolute atomic E-state index is 0.0115. The van der Waals surface area contributed by atoms with Gasteiger partial charge in [-0.2, -0.15) is 0 Å². The Labute approximate surface area is 130 Å². The van der Waals surface area contributed by atoms with Crippen LogP contribution in [0.15, 0.2) is 24.3 Å². The Balaban J connectivity index is 2.09. The molecular weight excluding hydrogens is 286 g/mol. The standard InChI is InChI=1S/C16H23NO3S/c1-3-20-16(19)9-6-10-17-15(18)12-21-11-14-8-5-4-7-13(14)2/h4-5,7-8H,3,6,9-12H2,1-2H3,(H,17,18). The summed E-state index contributed by atoms with van der Waals surface area (Å²) >= 11 is 1.60. The quantitative estimate of drug-likeness (QED) is 0.563. The second-order valence-corrected chi connectivity index (χ2v) is 5.66. The normalized spacial score (nSPS) is 10.2. The average molecular weight is 309 g/mol. The number of benzene rings is 1. The molecule has 0 spiro atoms. The summed E-state index contributed by atoms with van der Waals surface area (Å²) in [5.41, 5.74) is 2.51. The van der Waals surface area contributed by atoms with Gasteiger partial charge in [0.05, 0.1) is 12.4 Å². The van der Waals surface area contributed by atoms with Crippen molar-refractivity contribution in [2.75, 3.05) is 18.9 Å². The van der Waals surface area contributed by atoms with E-state index in [1.807, 2.05) is 12.1 Å². The van der Waals surface area contributed by atoms with Crippen LogP contribution in [0, 0.1) is 6.92 Å². The maximum Gasteiger partial charge on any atom is 0.305 e.